The topological polar surface area (TPSA) is 24.5 Å². The minimum Gasteiger partial charge on any atom is -0.370 e. The van der Waals surface area contributed by atoms with Crippen LogP contribution in [0.3, 0.4) is 0 Å². The summed E-state index contributed by atoms with van der Waals surface area (Å²) in [6.45, 7) is 7.39. The summed E-state index contributed by atoms with van der Waals surface area (Å²) in [5, 5.41) is 3.56. The standard InChI is InChI=1S/C17H30N2O/c1-13-16-10-18-9-14(16)11-19(13)12-15-5-8-17(20-15)6-3-2-4-7-17/h13-16,18H,2-12H2,1H3. The first-order valence-corrected chi connectivity index (χ1v) is 8.88. The van der Waals surface area contributed by atoms with Crippen LogP contribution in [0, 0.1) is 11.8 Å². The van der Waals surface area contributed by atoms with Crippen LogP contribution in [0.25, 0.3) is 0 Å². The summed E-state index contributed by atoms with van der Waals surface area (Å²) < 4.78 is 6.56. The minimum absolute atomic E-state index is 0.295. The number of fused-ring (bicyclic) bond motifs is 1. The van der Waals surface area contributed by atoms with Gasteiger partial charge in [-0.1, -0.05) is 19.3 Å². The molecule has 20 heavy (non-hydrogen) atoms. The van der Waals surface area contributed by atoms with Crippen LogP contribution >= 0.6 is 0 Å². The maximum atomic E-state index is 6.56. The van der Waals surface area contributed by atoms with Gasteiger partial charge in [0.25, 0.3) is 0 Å². The summed E-state index contributed by atoms with van der Waals surface area (Å²) in [4.78, 5) is 2.72. The van der Waals surface area contributed by atoms with Gasteiger partial charge in [0, 0.05) is 19.1 Å². The Balaban J connectivity index is 1.34. The zero-order valence-electron chi connectivity index (χ0n) is 12.9. The number of hydrogen-bond acceptors (Lipinski definition) is 3. The Labute approximate surface area is 123 Å². The molecule has 0 aromatic rings. The van der Waals surface area contributed by atoms with Crippen LogP contribution in [0.15, 0.2) is 0 Å². The SMILES string of the molecule is CC1C2CNCC2CN1CC1CCC2(CCCCC2)O1. The van der Waals surface area contributed by atoms with Gasteiger partial charge in [-0.2, -0.15) is 0 Å². The van der Waals surface area contributed by atoms with E-state index in [1.807, 2.05) is 0 Å². The van der Waals surface area contributed by atoms with Crippen molar-refractivity contribution in [2.45, 2.75) is 69.6 Å². The van der Waals surface area contributed by atoms with Crippen LogP contribution in [0.5, 0.6) is 0 Å². The van der Waals surface area contributed by atoms with Gasteiger partial charge in [-0.3, -0.25) is 4.90 Å². The molecular formula is C17H30N2O. The van der Waals surface area contributed by atoms with Crippen LogP contribution in [-0.4, -0.2) is 48.8 Å². The fourth-order valence-corrected chi connectivity index (χ4v) is 5.35. The first kappa shape index (κ1) is 13.5. The van der Waals surface area contributed by atoms with Crippen molar-refractivity contribution in [2.24, 2.45) is 11.8 Å². The zero-order chi connectivity index (χ0) is 13.6. The van der Waals surface area contributed by atoms with Gasteiger partial charge in [0.2, 0.25) is 0 Å². The van der Waals surface area contributed by atoms with Crippen LogP contribution in [0.1, 0.15) is 51.9 Å². The third kappa shape index (κ3) is 2.32. The highest BCUT2D eigenvalue weighted by atomic mass is 16.5. The summed E-state index contributed by atoms with van der Waals surface area (Å²) in [5.41, 5.74) is 0.295. The van der Waals surface area contributed by atoms with Crippen molar-refractivity contribution in [2.75, 3.05) is 26.2 Å². The number of likely N-dealkylation sites (tertiary alicyclic amines) is 1. The lowest BCUT2D eigenvalue weighted by Crippen LogP contribution is -2.40. The molecule has 3 saturated heterocycles. The van der Waals surface area contributed by atoms with Gasteiger partial charge in [0.15, 0.2) is 0 Å². The number of nitrogens with zero attached hydrogens (tertiary/aromatic N) is 1. The van der Waals surface area contributed by atoms with Gasteiger partial charge in [0.05, 0.1) is 11.7 Å². The molecule has 0 aromatic heterocycles. The van der Waals surface area contributed by atoms with Crippen molar-refractivity contribution >= 4 is 0 Å². The van der Waals surface area contributed by atoms with E-state index in [2.05, 4.69) is 17.1 Å². The molecule has 1 saturated carbocycles. The molecule has 0 amide bonds. The highest BCUT2D eigenvalue weighted by molar-refractivity contribution is 4.98. The third-order valence-electron chi connectivity index (χ3n) is 6.60. The van der Waals surface area contributed by atoms with E-state index in [9.17, 15) is 0 Å². The predicted molar refractivity (Wildman–Crippen MR) is 80.8 cm³/mol. The fourth-order valence-electron chi connectivity index (χ4n) is 5.35. The predicted octanol–water partition coefficient (Wildman–Crippen LogP) is 2.41. The molecule has 3 heteroatoms. The molecule has 4 fully saturated rings. The van der Waals surface area contributed by atoms with Gasteiger partial charge < -0.3 is 10.1 Å². The number of nitrogens with one attached hydrogen (secondary N) is 1. The average molecular weight is 278 g/mol. The van der Waals surface area contributed by atoms with E-state index >= 15 is 0 Å². The Morgan fingerprint density at radius 1 is 1.15 bits per heavy atom. The second-order valence-corrected chi connectivity index (χ2v) is 7.80. The number of hydrogen-bond donors (Lipinski definition) is 1. The molecule has 4 aliphatic rings. The normalized spacial score (nSPS) is 44.2. The molecule has 1 aliphatic carbocycles. The van der Waals surface area contributed by atoms with Crippen molar-refractivity contribution in [1.82, 2.24) is 10.2 Å². The fraction of sp³-hybridized carbons (Fsp3) is 1.00. The Bertz CT molecular complexity index is 353. The van der Waals surface area contributed by atoms with E-state index in [0.717, 1.165) is 17.9 Å². The van der Waals surface area contributed by atoms with E-state index < -0.39 is 0 Å². The maximum Gasteiger partial charge on any atom is 0.0710 e. The third-order valence-corrected chi connectivity index (χ3v) is 6.60. The molecule has 0 bridgehead atoms. The summed E-state index contributed by atoms with van der Waals surface area (Å²) in [6.07, 6.45) is 10.0. The maximum absolute atomic E-state index is 6.56. The van der Waals surface area contributed by atoms with Crippen molar-refractivity contribution in [3.05, 3.63) is 0 Å². The van der Waals surface area contributed by atoms with E-state index in [4.69, 9.17) is 4.74 Å². The van der Waals surface area contributed by atoms with Gasteiger partial charge in [-0.25, -0.2) is 0 Å². The molecule has 4 atom stereocenters. The number of ether oxygens (including phenoxy) is 1. The lowest BCUT2D eigenvalue weighted by molar-refractivity contribution is -0.0729. The summed E-state index contributed by atoms with van der Waals surface area (Å²) in [6, 6.07) is 0.751. The molecule has 4 unspecified atom stereocenters. The molecule has 3 nitrogen and oxygen atoms in total. The second-order valence-electron chi connectivity index (χ2n) is 7.80. The smallest absolute Gasteiger partial charge is 0.0710 e. The van der Waals surface area contributed by atoms with E-state index in [1.54, 1.807) is 0 Å². The van der Waals surface area contributed by atoms with E-state index in [1.165, 1.54) is 71.1 Å². The molecule has 4 rings (SSSR count). The Kier molecular flexibility index (Phi) is 3.56. The first-order valence-electron chi connectivity index (χ1n) is 8.88. The summed E-state index contributed by atoms with van der Waals surface area (Å²) in [5.74, 6) is 1.79. The second kappa shape index (κ2) is 5.26. The van der Waals surface area contributed by atoms with E-state index in [0.29, 0.717) is 11.7 Å². The highest BCUT2D eigenvalue weighted by Crippen LogP contribution is 2.43. The Hall–Kier alpha value is -0.120. The van der Waals surface area contributed by atoms with Crippen molar-refractivity contribution in [3.63, 3.8) is 0 Å². The minimum atomic E-state index is 0.295. The molecule has 3 heterocycles. The molecular weight excluding hydrogens is 248 g/mol. The van der Waals surface area contributed by atoms with Crippen LogP contribution in [0.2, 0.25) is 0 Å². The largest absolute Gasteiger partial charge is 0.370 e. The Morgan fingerprint density at radius 2 is 2.00 bits per heavy atom. The van der Waals surface area contributed by atoms with Crippen LogP contribution < -0.4 is 5.32 Å². The van der Waals surface area contributed by atoms with Crippen molar-refractivity contribution < 1.29 is 4.74 Å². The number of rotatable bonds is 2. The first-order chi connectivity index (χ1) is 9.76. The average Bonchev–Trinajstić information content (AvgIpc) is 3.12. The van der Waals surface area contributed by atoms with E-state index in [-0.39, 0.29) is 0 Å². The molecule has 1 spiro atoms. The Morgan fingerprint density at radius 3 is 2.80 bits per heavy atom. The van der Waals surface area contributed by atoms with Crippen LogP contribution in [0.4, 0.5) is 0 Å². The molecule has 3 aliphatic heterocycles. The van der Waals surface area contributed by atoms with Gasteiger partial charge in [-0.05, 0) is 57.5 Å². The monoisotopic (exact) mass is 278 g/mol. The quantitative estimate of drug-likeness (QED) is 0.839. The van der Waals surface area contributed by atoms with Crippen molar-refractivity contribution in [1.29, 1.82) is 0 Å². The lowest BCUT2D eigenvalue weighted by Gasteiger charge is -2.34. The molecule has 1 N–H and O–H groups in total. The molecule has 114 valence electrons. The zero-order valence-corrected chi connectivity index (χ0v) is 12.9. The van der Waals surface area contributed by atoms with Crippen molar-refractivity contribution in [3.8, 4) is 0 Å². The lowest BCUT2D eigenvalue weighted by atomic mass is 9.83. The molecule has 0 radical (unpaired) electrons. The summed E-state index contributed by atoms with van der Waals surface area (Å²) >= 11 is 0. The van der Waals surface area contributed by atoms with Gasteiger partial charge >= 0.3 is 0 Å². The highest BCUT2D eigenvalue weighted by Gasteiger charge is 2.45. The van der Waals surface area contributed by atoms with Gasteiger partial charge in [-0.15, -0.1) is 0 Å². The van der Waals surface area contributed by atoms with Gasteiger partial charge in [0.1, 0.15) is 0 Å². The van der Waals surface area contributed by atoms with Crippen LogP contribution in [-0.2, 0) is 4.74 Å². The summed E-state index contributed by atoms with van der Waals surface area (Å²) in [7, 11) is 0. The molecule has 0 aromatic carbocycles.